The maximum absolute atomic E-state index is 13.0. The average Bonchev–Trinajstić information content (AvgIpc) is 3.32. The lowest BCUT2D eigenvalue weighted by Crippen LogP contribution is -2.25. The minimum absolute atomic E-state index is 0.0466. The van der Waals surface area contributed by atoms with Crippen molar-refractivity contribution in [3.8, 4) is 11.1 Å². The van der Waals surface area contributed by atoms with E-state index in [1.807, 2.05) is 26.0 Å². The Labute approximate surface area is 235 Å². The van der Waals surface area contributed by atoms with Crippen LogP contribution >= 0.6 is 23.1 Å². The Kier molecular flexibility index (Phi) is 10.3. The van der Waals surface area contributed by atoms with Crippen molar-refractivity contribution in [1.29, 1.82) is 0 Å². The number of carboxylic acids is 1. The summed E-state index contributed by atoms with van der Waals surface area (Å²) in [5, 5.41) is 10.9. The van der Waals surface area contributed by atoms with Gasteiger partial charge in [0.2, 0.25) is 0 Å². The summed E-state index contributed by atoms with van der Waals surface area (Å²) in [5.74, 6) is -1.51. The fourth-order valence-corrected chi connectivity index (χ4v) is 6.73. The zero-order chi connectivity index (χ0) is 29.7. The van der Waals surface area contributed by atoms with Crippen molar-refractivity contribution < 1.29 is 41.0 Å². The first kappa shape index (κ1) is 31.5. The molecule has 0 bridgehead atoms. The topological polar surface area (TPSA) is 66.4 Å². The molecule has 0 saturated carbocycles. The number of hydrogen-bond donors (Lipinski definition) is 2. The predicted octanol–water partition coefficient (Wildman–Crippen LogP) is 8.82. The number of amides is 1. The highest BCUT2D eigenvalue weighted by Crippen LogP contribution is 2.44. The van der Waals surface area contributed by atoms with Crippen LogP contribution in [0.25, 0.3) is 11.1 Å². The molecule has 4 nitrogen and oxygen atoms in total. The van der Waals surface area contributed by atoms with Crippen LogP contribution in [-0.2, 0) is 11.0 Å². The Morgan fingerprint density at radius 3 is 2.15 bits per heavy atom. The van der Waals surface area contributed by atoms with Gasteiger partial charge >= 0.3 is 18.3 Å². The van der Waals surface area contributed by atoms with E-state index in [1.54, 1.807) is 12.1 Å². The Bertz CT molecular complexity index is 1310. The van der Waals surface area contributed by atoms with Gasteiger partial charge in [-0.25, -0.2) is 0 Å². The van der Waals surface area contributed by atoms with Crippen molar-refractivity contribution in [1.82, 2.24) is 5.32 Å². The number of aliphatic carboxylic acids is 1. The van der Waals surface area contributed by atoms with Gasteiger partial charge in [-0.05, 0) is 85.3 Å². The highest BCUT2D eigenvalue weighted by Gasteiger charge is 2.30. The van der Waals surface area contributed by atoms with Gasteiger partial charge in [-0.2, -0.15) is 26.3 Å². The second-order valence-electron chi connectivity index (χ2n) is 9.22. The average molecular weight is 604 g/mol. The molecule has 2 aromatic carbocycles. The normalized spacial score (nSPS) is 12.8. The fourth-order valence-electron chi connectivity index (χ4n) is 4.20. The highest BCUT2D eigenvalue weighted by molar-refractivity contribution is 7.99. The third-order valence-corrected chi connectivity index (χ3v) is 8.63. The van der Waals surface area contributed by atoms with E-state index in [0.29, 0.717) is 15.3 Å². The Hall–Kier alpha value is -2.99. The minimum atomic E-state index is -4.44. The van der Waals surface area contributed by atoms with E-state index in [1.165, 1.54) is 23.9 Å². The van der Waals surface area contributed by atoms with Gasteiger partial charge in [-0.3, -0.25) is 9.59 Å². The Morgan fingerprint density at radius 2 is 1.60 bits per heavy atom. The number of aryl methyl sites for hydroxylation is 2. The molecule has 1 aromatic heterocycles. The zero-order valence-electron chi connectivity index (χ0n) is 21.6. The number of carbonyl (C=O) groups is 2. The summed E-state index contributed by atoms with van der Waals surface area (Å²) in [5.41, 5.74) is 2.27. The lowest BCUT2D eigenvalue weighted by molar-refractivity contribution is -0.138. The molecule has 3 rings (SSSR count). The second-order valence-corrected chi connectivity index (χ2v) is 11.6. The molecule has 1 heterocycles. The number of alkyl halides is 6. The quantitative estimate of drug-likeness (QED) is 0.170. The summed E-state index contributed by atoms with van der Waals surface area (Å²) in [4.78, 5) is 24.9. The molecular formula is C28H27F6NO3S2. The van der Waals surface area contributed by atoms with Crippen LogP contribution < -0.4 is 5.32 Å². The standard InChI is InChI=1S/C28H27F6NO3S2/c1-16-14-20(15-17(2)25(16)18-5-7-19(8-6-18)28(32,33)34)39-21(4-3-12-27(29,30)31)22-9-10-23(40-22)26(38)35-13-11-24(36)37/h5-10,14-15,21H,3-4,11-13H2,1-2H3,(H,35,38)(H,36,37). The molecule has 0 spiro atoms. The molecule has 2 N–H and O–H groups in total. The van der Waals surface area contributed by atoms with Crippen LogP contribution in [0.1, 0.15) is 62.2 Å². The van der Waals surface area contributed by atoms with Crippen molar-refractivity contribution in [3.63, 3.8) is 0 Å². The molecule has 0 aliphatic carbocycles. The molecule has 1 amide bonds. The summed E-state index contributed by atoms with van der Waals surface area (Å²) in [7, 11) is 0. The van der Waals surface area contributed by atoms with Gasteiger partial charge in [0.05, 0.1) is 16.9 Å². The van der Waals surface area contributed by atoms with Gasteiger partial charge < -0.3 is 10.4 Å². The summed E-state index contributed by atoms with van der Waals surface area (Å²) < 4.78 is 77.5. The Morgan fingerprint density at radius 1 is 0.975 bits per heavy atom. The van der Waals surface area contributed by atoms with Crippen LogP contribution in [0.5, 0.6) is 0 Å². The fraction of sp³-hybridized carbons (Fsp3) is 0.357. The first-order valence-corrected chi connectivity index (χ1v) is 14.0. The molecule has 216 valence electrons. The summed E-state index contributed by atoms with van der Waals surface area (Å²) in [6.45, 7) is 3.61. The lowest BCUT2D eigenvalue weighted by Gasteiger charge is -2.19. The number of carbonyl (C=O) groups excluding carboxylic acids is 1. The van der Waals surface area contributed by atoms with Crippen LogP contribution in [-0.4, -0.2) is 29.7 Å². The molecule has 1 atom stereocenters. The van der Waals surface area contributed by atoms with E-state index in [2.05, 4.69) is 5.32 Å². The van der Waals surface area contributed by atoms with E-state index < -0.39 is 36.2 Å². The van der Waals surface area contributed by atoms with Crippen molar-refractivity contribution >= 4 is 35.0 Å². The van der Waals surface area contributed by atoms with E-state index in [9.17, 15) is 35.9 Å². The smallest absolute Gasteiger partial charge is 0.416 e. The van der Waals surface area contributed by atoms with Crippen molar-refractivity contribution in [2.45, 2.75) is 62.0 Å². The summed E-state index contributed by atoms with van der Waals surface area (Å²) in [6.07, 6.45) is -9.82. The van der Waals surface area contributed by atoms with Crippen LogP contribution in [0.3, 0.4) is 0 Å². The molecule has 1 unspecified atom stereocenters. The maximum Gasteiger partial charge on any atom is 0.416 e. The lowest BCUT2D eigenvalue weighted by atomic mass is 9.95. The number of rotatable bonds is 11. The number of thioether (sulfide) groups is 1. The zero-order valence-corrected chi connectivity index (χ0v) is 23.2. The van der Waals surface area contributed by atoms with Crippen molar-refractivity contribution in [2.75, 3.05) is 6.54 Å². The number of halogens is 6. The van der Waals surface area contributed by atoms with Crippen molar-refractivity contribution in [3.05, 3.63) is 75.0 Å². The highest BCUT2D eigenvalue weighted by atomic mass is 32.2. The number of benzene rings is 2. The van der Waals surface area contributed by atoms with Crippen LogP contribution in [0.15, 0.2) is 53.4 Å². The summed E-state index contributed by atoms with van der Waals surface area (Å²) in [6, 6.07) is 11.9. The van der Waals surface area contributed by atoms with Gasteiger partial charge in [0.1, 0.15) is 0 Å². The van der Waals surface area contributed by atoms with Gasteiger partial charge in [-0.15, -0.1) is 23.1 Å². The van der Waals surface area contributed by atoms with E-state index in [-0.39, 0.29) is 31.1 Å². The third kappa shape index (κ3) is 9.02. The van der Waals surface area contributed by atoms with Crippen LogP contribution in [0.2, 0.25) is 0 Å². The van der Waals surface area contributed by atoms with Gasteiger partial charge in [-0.1, -0.05) is 12.1 Å². The van der Waals surface area contributed by atoms with Gasteiger partial charge in [0.15, 0.2) is 0 Å². The largest absolute Gasteiger partial charge is 0.481 e. The molecule has 0 fully saturated rings. The maximum atomic E-state index is 13.0. The molecule has 12 heteroatoms. The first-order valence-electron chi connectivity index (χ1n) is 12.3. The summed E-state index contributed by atoms with van der Waals surface area (Å²) >= 11 is 2.51. The second kappa shape index (κ2) is 13.1. The van der Waals surface area contributed by atoms with Crippen LogP contribution in [0, 0.1) is 13.8 Å². The number of thiophene rings is 1. The first-order chi connectivity index (χ1) is 18.6. The van der Waals surface area contributed by atoms with Crippen LogP contribution in [0.4, 0.5) is 26.3 Å². The van der Waals surface area contributed by atoms with Gasteiger partial charge in [0.25, 0.3) is 5.91 Å². The molecule has 0 saturated heterocycles. The number of hydrogen-bond acceptors (Lipinski definition) is 4. The van der Waals surface area contributed by atoms with E-state index in [4.69, 9.17) is 5.11 Å². The van der Waals surface area contributed by atoms with Gasteiger partial charge in [0, 0.05) is 28.0 Å². The van der Waals surface area contributed by atoms with Crippen molar-refractivity contribution in [2.24, 2.45) is 0 Å². The Balaban J connectivity index is 1.83. The SMILES string of the molecule is Cc1cc(SC(CCCC(F)(F)F)c2ccc(C(=O)NCCC(=O)O)s2)cc(C)c1-c1ccc(C(F)(F)F)cc1. The molecule has 40 heavy (non-hydrogen) atoms. The number of nitrogens with one attached hydrogen (secondary N) is 1. The minimum Gasteiger partial charge on any atom is -0.481 e. The third-order valence-electron chi connectivity index (χ3n) is 6.00. The molecule has 0 radical (unpaired) electrons. The number of carboxylic acid groups (broad SMARTS) is 1. The van der Waals surface area contributed by atoms with E-state index >= 15 is 0 Å². The predicted molar refractivity (Wildman–Crippen MR) is 144 cm³/mol. The molecule has 0 aliphatic rings. The molecule has 3 aromatic rings. The van der Waals surface area contributed by atoms with E-state index in [0.717, 1.165) is 45.1 Å². The molecular weight excluding hydrogens is 576 g/mol. The monoisotopic (exact) mass is 603 g/mol. The molecule has 0 aliphatic heterocycles.